The van der Waals surface area contributed by atoms with Crippen LogP contribution >= 0.6 is 0 Å². The molecule has 0 spiro atoms. The van der Waals surface area contributed by atoms with Gasteiger partial charge in [0.15, 0.2) is 11.6 Å². The maximum absolute atomic E-state index is 14.6. The summed E-state index contributed by atoms with van der Waals surface area (Å²) in [5, 5.41) is 0. The molecule has 2 fully saturated rings. The Bertz CT molecular complexity index is 1030. The largest absolute Gasteiger partial charge is 0.491 e. The highest BCUT2D eigenvalue weighted by Crippen LogP contribution is 2.39. The van der Waals surface area contributed by atoms with Crippen molar-refractivity contribution in [1.82, 2.24) is 0 Å². The van der Waals surface area contributed by atoms with E-state index in [0.29, 0.717) is 37.2 Å². The lowest BCUT2D eigenvalue weighted by molar-refractivity contribution is -0.157. The number of carbonyl (C=O) groups excluding carboxylic acids is 1. The molecule has 0 saturated heterocycles. The normalized spacial score (nSPS) is 24.6. The molecule has 2 saturated carbocycles. The quantitative estimate of drug-likeness (QED) is 0.346. The van der Waals surface area contributed by atoms with Crippen molar-refractivity contribution >= 4 is 12.0 Å². The molecular weight excluding hydrogens is 465 g/mol. The van der Waals surface area contributed by atoms with Gasteiger partial charge < -0.3 is 9.47 Å². The van der Waals surface area contributed by atoms with E-state index >= 15 is 0 Å². The predicted molar refractivity (Wildman–Crippen MR) is 135 cm³/mol. The average molecular weight is 501 g/mol. The molecule has 0 heterocycles. The molecule has 4 rings (SSSR count). The van der Waals surface area contributed by atoms with Crippen LogP contribution in [-0.4, -0.2) is 25.4 Å². The number of carbonyl (C=O) groups is 1. The highest BCUT2D eigenvalue weighted by Gasteiger charge is 2.32. The maximum Gasteiger partial charge on any atom is 0.309 e. The second-order valence-corrected chi connectivity index (χ2v) is 9.90. The summed E-state index contributed by atoms with van der Waals surface area (Å²) >= 11 is 0. The third-order valence-electron chi connectivity index (χ3n) is 7.64. The molecule has 6 heteroatoms. The minimum atomic E-state index is -0.928. The molecular formula is C30H35F3O3. The van der Waals surface area contributed by atoms with E-state index in [4.69, 9.17) is 9.47 Å². The van der Waals surface area contributed by atoms with Crippen LogP contribution in [0.3, 0.4) is 0 Å². The Labute approximate surface area is 211 Å². The number of benzene rings is 2. The first-order chi connectivity index (χ1) is 17.5. The van der Waals surface area contributed by atoms with E-state index in [0.717, 1.165) is 31.2 Å². The Morgan fingerprint density at radius 2 is 1.56 bits per heavy atom. The van der Waals surface area contributed by atoms with Gasteiger partial charge in [-0.1, -0.05) is 42.5 Å². The Balaban J connectivity index is 1.23. The van der Waals surface area contributed by atoms with Crippen LogP contribution in [0.5, 0.6) is 5.75 Å². The summed E-state index contributed by atoms with van der Waals surface area (Å²) < 4.78 is 52.1. The number of hydrogen-bond acceptors (Lipinski definition) is 3. The first kappa shape index (κ1) is 26.3. The molecule has 0 bridgehead atoms. The SMILES string of the molecule is CCOc1ccc(C2CCC(OC(=O)C3CCC(c4ccc(/C=C/CF)cc4)CC3)CC2)c(F)c1F. The van der Waals surface area contributed by atoms with Crippen molar-refractivity contribution in [3.8, 4) is 5.75 Å². The van der Waals surface area contributed by atoms with Crippen LogP contribution in [0, 0.1) is 17.6 Å². The van der Waals surface area contributed by atoms with Gasteiger partial charge in [0.25, 0.3) is 0 Å². The zero-order valence-electron chi connectivity index (χ0n) is 20.9. The molecule has 194 valence electrons. The lowest BCUT2D eigenvalue weighted by Crippen LogP contribution is -2.29. The van der Waals surface area contributed by atoms with Crippen molar-refractivity contribution in [2.24, 2.45) is 5.92 Å². The molecule has 0 N–H and O–H groups in total. The number of rotatable bonds is 8. The van der Waals surface area contributed by atoms with Crippen LogP contribution in [0.4, 0.5) is 13.2 Å². The summed E-state index contributed by atoms with van der Waals surface area (Å²) in [5.41, 5.74) is 2.62. The fraction of sp³-hybridized carbons (Fsp3) is 0.500. The number of alkyl halides is 1. The molecule has 2 aliphatic carbocycles. The fourth-order valence-electron chi connectivity index (χ4n) is 5.60. The Morgan fingerprint density at radius 3 is 2.19 bits per heavy atom. The molecule has 0 aromatic heterocycles. The molecule has 0 amide bonds. The van der Waals surface area contributed by atoms with E-state index in [-0.39, 0.29) is 36.3 Å². The van der Waals surface area contributed by atoms with Crippen LogP contribution in [0.1, 0.15) is 86.8 Å². The zero-order valence-corrected chi connectivity index (χ0v) is 20.9. The third-order valence-corrected chi connectivity index (χ3v) is 7.64. The van der Waals surface area contributed by atoms with Gasteiger partial charge in [-0.15, -0.1) is 0 Å². The van der Waals surface area contributed by atoms with Gasteiger partial charge >= 0.3 is 5.97 Å². The minimum Gasteiger partial charge on any atom is -0.491 e. The Hall–Kier alpha value is -2.76. The lowest BCUT2D eigenvalue weighted by atomic mass is 9.78. The topological polar surface area (TPSA) is 35.5 Å². The highest BCUT2D eigenvalue weighted by molar-refractivity contribution is 5.72. The molecule has 2 aromatic rings. The number of halogens is 3. The van der Waals surface area contributed by atoms with Crippen molar-refractivity contribution in [3.63, 3.8) is 0 Å². The summed E-state index contributed by atoms with van der Waals surface area (Å²) in [6.45, 7) is 1.54. The van der Waals surface area contributed by atoms with Gasteiger partial charge in [-0.25, -0.2) is 8.78 Å². The third kappa shape index (κ3) is 6.32. The van der Waals surface area contributed by atoms with Crippen molar-refractivity contribution in [1.29, 1.82) is 0 Å². The van der Waals surface area contributed by atoms with Gasteiger partial charge in [0.1, 0.15) is 12.8 Å². The second-order valence-electron chi connectivity index (χ2n) is 9.90. The van der Waals surface area contributed by atoms with Gasteiger partial charge in [-0.05, 0) is 92.9 Å². The van der Waals surface area contributed by atoms with Crippen molar-refractivity contribution in [3.05, 3.63) is 70.8 Å². The summed E-state index contributed by atoms with van der Waals surface area (Å²) in [7, 11) is 0. The van der Waals surface area contributed by atoms with E-state index in [9.17, 15) is 18.0 Å². The van der Waals surface area contributed by atoms with E-state index in [1.54, 1.807) is 19.1 Å². The molecule has 0 aliphatic heterocycles. The molecule has 0 atom stereocenters. The standard InChI is InChI=1S/C30H35F3O3/c1-2-35-27-18-17-26(28(32)29(27)33)23-13-15-25(16-14-23)36-30(34)24-11-9-22(10-12-24)21-7-5-20(6-8-21)4-3-19-31/h3-8,17-18,22-25H,2,9-16,19H2,1H3/b4-3+. The molecule has 36 heavy (non-hydrogen) atoms. The molecule has 0 radical (unpaired) electrons. The molecule has 2 aliphatic rings. The van der Waals surface area contributed by atoms with Gasteiger partial charge in [-0.3, -0.25) is 4.79 Å². The number of esters is 1. The lowest BCUT2D eigenvalue weighted by Gasteiger charge is -2.32. The minimum absolute atomic E-state index is 0.0566. The molecule has 2 aromatic carbocycles. The van der Waals surface area contributed by atoms with Gasteiger partial charge in [0.05, 0.1) is 12.5 Å². The Kier molecular flexibility index (Phi) is 9.11. The molecule has 0 unspecified atom stereocenters. The first-order valence-corrected chi connectivity index (χ1v) is 13.1. The summed E-state index contributed by atoms with van der Waals surface area (Å²) in [6.07, 6.45) is 9.23. The van der Waals surface area contributed by atoms with E-state index in [1.165, 1.54) is 17.7 Å². The fourth-order valence-corrected chi connectivity index (χ4v) is 5.60. The highest BCUT2D eigenvalue weighted by atomic mass is 19.2. The van der Waals surface area contributed by atoms with Gasteiger partial charge in [0.2, 0.25) is 5.82 Å². The number of hydrogen-bond donors (Lipinski definition) is 0. The van der Waals surface area contributed by atoms with E-state index in [2.05, 4.69) is 12.1 Å². The zero-order chi connectivity index (χ0) is 25.5. The van der Waals surface area contributed by atoms with Crippen LogP contribution in [-0.2, 0) is 9.53 Å². The van der Waals surface area contributed by atoms with Crippen molar-refractivity contribution in [2.75, 3.05) is 13.3 Å². The van der Waals surface area contributed by atoms with Crippen LogP contribution in [0.25, 0.3) is 6.08 Å². The van der Waals surface area contributed by atoms with E-state index < -0.39 is 18.3 Å². The van der Waals surface area contributed by atoms with Crippen molar-refractivity contribution in [2.45, 2.75) is 76.2 Å². The van der Waals surface area contributed by atoms with Gasteiger partial charge in [-0.2, -0.15) is 4.39 Å². The Morgan fingerprint density at radius 1 is 0.889 bits per heavy atom. The number of ether oxygens (including phenoxy) is 2. The number of allylic oxidation sites excluding steroid dienone is 1. The smallest absolute Gasteiger partial charge is 0.309 e. The maximum atomic E-state index is 14.6. The van der Waals surface area contributed by atoms with Crippen LogP contribution in [0.2, 0.25) is 0 Å². The monoisotopic (exact) mass is 500 g/mol. The van der Waals surface area contributed by atoms with Crippen LogP contribution < -0.4 is 4.74 Å². The van der Waals surface area contributed by atoms with Crippen molar-refractivity contribution < 1.29 is 27.4 Å². The summed E-state index contributed by atoms with van der Waals surface area (Å²) in [4.78, 5) is 12.8. The summed E-state index contributed by atoms with van der Waals surface area (Å²) in [6, 6.07) is 11.3. The average Bonchev–Trinajstić information content (AvgIpc) is 2.91. The van der Waals surface area contributed by atoms with E-state index in [1.807, 2.05) is 12.1 Å². The van der Waals surface area contributed by atoms with Crippen LogP contribution in [0.15, 0.2) is 42.5 Å². The first-order valence-electron chi connectivity index (χ1n) is 13.1. The molecule has 3 nitrogen and oxygen atoms in total. The predicted octanol–water partition coefficient (Wildman–Crippen LogP) is 7.89. The summed E-state index contributed by atoms with van der Waals surface area (Å²) in [5.74, 6) is -1.68. The second kappa shape index (κ2) is 12.5. The van der Waals surface area contributed by atoms with Gasteiger partial charge in [0, 0.05) is 0 Å².